The Labute approximate surface area is 109 Å². The Morgan fingerprint density at radius 2 is 2.21 bits per heavy atom. The predicted molar refractivity (Wildman–Crippen MR) is 66.5 cm³/mol. The van der Waals surface area contributed by atoms with Gasteiger partial charge in [-0.1, -0.05) is 11.8 Å². The van der Waals surface area contributed by atoms with Gasteiger partial charge in [-0.05, 0) is 25.1 Å². The number of amides is 2. The van der Waals surface area contributed by atoms with Crippen LogP contribution in [0.5, 0.6) is 0 Å². The molecule has 19 heavy (non-hydrogen) atoms. The van der Waals surface area contributed by atoms with Crippen molar-refractivity contribution in [3.8, 4) is 11.8 Å². The SMILES string of the molecule is CC(NC(=O)c1ccc(F)cc1C#CCO)C(N)=O. The quantitative estimate of drug-likeness (QED) is 0.659. The highest BCUT2D eigenvalue weighted by Gasteiger charge is 2.16. The number of hydrogen-bond acceptors (Lipinski definition) is 3. The van der Waals surface area contributed by atoms with Crippen LogP contribution in [0.25, 0.3) is 0 Å². The smallest absolute Gasteiger partial charge is 0.253 e. The third-order valence-electron chi connectivity index (χ3n) is 2.30. The number of carbonyl (C=O) groups excluding carboxylic acids is 2. The van der Waals surface area contributed by atoms with Crippen LogP contribution in [-0.4, -0.2) is 29.6 Å². The van der Waals surface area contributed by atoms with Crippen LogP contribution in [-0.2, 0) is 4.79 Å². The maximum Gasteiger partial charge on any atom is 0.253 e. The van der Waals surface area contributed by atoms with E-state index in [4.69, 9.17) is 10.8 Å². The van der Waals surface area contributed by atoms with Gasteiger partial charge in [-0.25, -0.2) is 4.39 Å². The third kappa shape index (κ3) is 4.08. The second-order valence-corrected chi connectivity index (χ2v) is 3.75. The maximum absolute atomic E-state index is 13.1. The molecule has 0 heterocycles. The van der Waals surface area contributed by atoms with Crippen LogP contribution >= 0.6 is 0 Å². The molecule has 0 aliphatic heterocycles. The zero-order valence-corrected chi connectivity index (χ0v) is 10.2. The minimum Gasteiger partial charge on any atom is -0.384 e. The second kappa shape index (κ2) is 6.52. The van der Waals surface area contributed by atoms with Crippen LogP contribution < -0.4 is 11.1 Å². The number of aliphatic hydroxyl groups excluding tert-OH is 1. The number of aliphatic hydroxyl groups is 1. The summed E-state index contributed by atoms with van der Waals surface area (Å²) in [5, 5.41) is 11.0. The van der Waals surface area contributed by atoms with Gasteiger partial charge in [-0.15, -0.1) is 0 Å². The third-order valence-corrected chi connectivity index (χ3v) is 2.30. The van der Waals surface area contributed by atoms with E-state index in [1.165, 1.54) is 13.0 Å². The van der Waals surface area contributed by atoms with E-state index in [-0.39, 0.29) is 11.1 Å². The van der Waals surface area contributed by atoms with Gasteiger partial charge in [0.15, 0.2) is 0 Å². The van der Waals surface area contributed by atoms with Crippen molar-refractivity contribution >= 4 is 11.8 Å². The molecule has 100 valence electrons. The van der Waals surface area contributed by atoms with Crippen molar-refractivity contribution in [1.82, 2.24) is 5.32 Å². The van der Waals surface area contributed by atoms with Crippen LogP contribution in [0.4, 0.5) is 4.39 Å². The summed E-state index contributed by atoms with van der Waals surface area (Å²) in [7, 11) is 0. The van der Waals surface area contributed by atoms with E-state index in [1.54, 1.807) is 0 Å². The van der Waals surface area contributed by atoms with Crippen LogP contribution in [0.15, 0.2) is 18.2 Å². The van der Waals surface area contributed by atoms with E-state index in [0.717, 1.165) is 12.1 Å². The van der Waals surface area contributed by atoms with Gasteiger partial charge < -0.3 is 16.2 Å². The molecule has 0 bridgehead atoms. The Balaban J connectivity index is 3.05. The highest BCUT2D eigenvalue weighted by molar-refractivity contribution is 5.99. The fourth-order valence-corrected chi connectivity index (χ4v) is 1.30. The number of nitrogens with one attached hydrogen (secondary N) is 1. The average molecular weight is 264 g/mol. The summed E-state index contributed by atoms with van der Waals surface area (Å²) in [6, 6.07) is 2.58. The number of hydrogen-bond donors (Lipinski definition) is 3. The number of benzene rings is 1. The summed E-state index contributed by atoms with van der Waals surface area (Å²) in [5.41, 5.74) is 5.26. The molecular weight excluding hydrogens is 251 g/mol. The highest BCUT2D eigenvalue weighted by atomic mass is 19.1. The normalized spacial score (nSPS) is 11.1. The fourth-order valence-electron chi connectivity index (χ4n) is 1.30. The van der Waals surface area contributed by atoms with Gasteiger partial charge in [-0.3, -0.25) is 9.59 Å². The maximum atomic E-state index is 13.1. The first-order valence-corrected chi connectivity index (χ1v) is 5.45. The van der Waals surface area contributed by atoms with Gasteiger partial charge in [-0.2, -0.15) is 0 Å². The summed E-state index contributed by atoms with van der Waals surface area (Å²) in [5.74, 6) is 2.98. The zero-order chi connectivity index (χ0) is 14.4. The lowest BCUT2D eigenvalue weighted by atomic mass is 10.1. The van der Waals surface area contributed by atoms with E-state index >= 15 is 0 Å². The van der Waals surface area contributed by atoms with E-state index < -0.39 is 30.3 Å². The second-order valence-electron chi connectivity index (χ2n) is 3.75. The van der Waals surface area contributed by atoms with Crippen molar-refractivity contribution in [3.05, 3.63) is 35.1 Å². The molecule has 0 saturated carbocycles. The van der Waals surface area contributed by atoms with Crippen molar-refractivity contribution in [2.75, 3.05) is 6.61 Å². The molecule has 2 amide bonds. The molecule has 1 unspecified atom stereocenters. The van der Waals surface area contributed by atoms with Crippen LogP contribution in [0, 0.1) is 17.7 Å². The van der Waals surface area contributed by atoms with Crippen molar-refractivity contribution in [2.24, 2.45) is 5.73 Å². The number of nitrogens with two attached hydrogens (primary N) is 1. The zero-order valence-electron chi connectivity index (χ0n) is 10.2. The van der Waals surface area contributed by atoms with E-state index in [2.05, 4.69) is 17.2 Å². The van der Waals surface area contributed by atoms with Crippen molar-refractivity contribution in [3.63, 3.8) is 0 Å². The molecule has 1 aromatic carbocycles. The van der Waals surface area contributed by atoms with Crippen LogP contribution in [0.2, 0.25) is 0 Å². The largest absolute Gasteiger partial charge is 0.384 e. The number of carbonyl (C=O) groups is 2. The summed E-state index contributed by atoms with van der Waals surface area (Å²) >= 11 is 0. The summed E-state index contributed by atoms with van der Waals surface area (Å²) in [4.78, 5) is 22.7. The van der Waals surface area contributed by atoms with Crippen molar-refractivity contribution in [1.29, 1.82) is 0 Å². The molecule has 4 N–H and O–H groups in total. The van der Waals surface area contributed by atoms with Gasteiger partial charge in [0.1, 0.15) is 18.5 Å². The first-order chi connectivity index (χ1) is 8.95. The van der Waals surface area contributed by atoms with Gasteiger partial charge in [0.25, 0.3) is 5.91 Å². The molecule has 0 spiro atoms. The first-order valence-electron chi connectivity index (χ1n) is 5.45. The van der Waals surface area contributed by atoms with Gasteiger partial charge in [0.2, 0.25) is 5.91 Å². The number of rotatable bonds is 3. The summed E-state index contributed by atoms with van der Waals surface area (Å²) in [6.07, 6.45) is 0. The minimum atomic E-state index is -0.851. The number of primary amides is 1. The molecule has 5 nitrogen and oxygen atoms in total. The molecule has 1 aromatic rings. The lowest BCUT2D eigenvalue weighted by molar-refractivity contribution is -0.119. The van der Waals surface area contributed by atoms with Crippen molar-refractivity contribution in [2.45, 2.75) is 13.0 Å². The summed E-state index contributed by atoms with van der Waals surface area (Å²) < 4.78 is 13.1. The number of halogens is 1. The summed E-state index contributed by atoms with van der Waals surface area (Å²) in [6.45, 7) is 1.03. The Morgan fingerprint density at radius 1 is 1.53 bits per heavy atom. The topological polar surface area (TPSA) is 92.4 Å². The van der Waals surface area contributed by atoms with Gasteiger partial charge >= 0.3 is 0 Å². The molecule has 0 radical (unpaired) electrons. The van der Waals surface area contributed by atoms with E-state index in [1.807, 2.05) is 0 Å². The lowest BCUT2D eigenvalue weighted by Crippen LogP contribution is -2.42. The Kier molecular flexibility index (Phi) is 5.03. The van der Waals surface area contributed by atoms with E-state index in [0.29, 0.717) is 0 Å². The molecule has 1 rings (SSSR count). The first kappa shape index (κ1) is 14.7. The Hall–Kier alpha value is -2.39. The molecule has 0 fully saturated rings. The van der Waals surface area contributed by atoms with Gasteiger partial charge in [0, 0.05) is 5.56 Å². The molecular formula is C13H13FN2O3. The minimum absolute atomic E-state index is 0.107. The molecule has 6 heteroatoms. The van der Waals surface area contributed by atoms with Crippen LogP contribution in [0.1, 0.15) is 22.8 Å². The van der Waals surface area contributed by atoms with E-state index in [9.17, 15) is 14.0 Å². The predicted octanol–water partition coefficient (Wildman–Crippen LogP) is -0.227. The average Bonchev–Trinajstić information content (AvgIpc) is 2.35. The Bertz CT molecular complexity index is 561. The molecule has 0 aromatic heterocycles. The molecule has 0 saturated heterocycles. The molecule has 0 aliphatic rings. The fraction of sp³-hybridized carbons (Fsp3) is 0.231. The molecule has 0 aliphatic carbocycles. The van der Waals surface area contributed by atoms with Gasteiger partial charge in [0.05, 0.1) is 5.56 Å². The Morgan fingerprint density at radius 3 is 2.79 bits per heavy atom. The highest BCUT2D eigenvalue weighted by Crippen LogP contribution is 2.10. The standard InChI is InChI=1S/C13H13FN2O3/c1-8(12(15)18)16-13(19)11-5-4-10(14)7-9(11)3-2-6-17/h4-5,7-8,17H,6H2,1H3,(H2,15,18)(H,16,19). The van der Waals surface area contributed by atoms with Crippen molar-refractivity contribution < 1.29 is 19.1 Å². The molecule has 1 atom stereocenters. The van der Waals surface area contributed by atoms with Crippen LogP contribution in [0.3, 0.4) is 0 Å². The lowest BCUT2D eigenvalue weighted by Gasteiger charge is -2.11. The monoisotopic (exact) mass is 264 g/mol.